The molecule has 3 rings (SSSR count). The molecule has 1 amide bonds. The van der Waals surface area contributed by atoms with Gasteiger partial charge in [0.15, 0.2) is 14.6 Å². The minimum atomic E-state index is -3.38. The van der Waals surface area contributed by atoms with Crippen molar-refractivity contribution in [2.75, 3.05) is 0 Å². The Morgan fingerprint density at radius 2 is 1.93 bits per heavy atom. The highest BCUT2D eigenvalue weighted by Crippen LogP contribution is 2.22. The van der Waals surface area contributed by atoms with Gasteiger partial charge in [0.05, 0.1) is 26.9 Å². The number of hydrogen-bond acceptors (Lipinski definition) is 4. The molecule has 0 spiro atoms. The number of fused-ring (bicyclic) bond motifs is 1. The van der Waals surface area contributed by atoms with E-state index < -0.39 is 21.0 Å². The lowest BCUT2D eigenvalue weighted by molar-refractivity contribution is 0.0998. The van der Waals surface area contributed by atoms with E-state index in [1.165, 1.54) is 35.6 Å². The fraction of sp³-hybridized carbons (Fsp3) is 0.200. The summed E-state index contributed by atoms with van der Waals surface area (Å²) in [6.45, 7) is 3.53. The molecule has 0 aliphatic heterocycles. The van der Waals surface area contributed by atoms with Crippen molar-refractivity contribution in [2.45, 2.75) is 30.5 Å². The van der Waals surface area contributed by atoms with Crippen molar-refractivity contribution in [1.82, 2.24) is 4.57 Å². The normalized spacial score (nSPS) is 12.5. The Balaban J connectivity index is 2.03. The number of carbonyl (C=O) groups excluding carboxylic acids is 1. The summed E-state index contributed by atoms with van der Waals surface area (Å²) in [6, 6.07) is 11.6. The zero-order valence-corrected chi connectivity index (χ0v) is 18.4. The van der Waals surface area contributed by atoms with Gasteiger partial charge in [-0.3, -0.25) is 4.79 Å². The summed E-state index contributed by atoms with van der Waals surface area (Å²) in [6.07, 6.45) is 5.47. The molecule has 5 nitrogen and oxygen atoms in total. The van der Waals surface area contributed by atoms with Gasteiger partial charge in [0.2, 0.25) is 0 Å². The van der Waals surface area contributed by atoms with Crippen LogP contribution in [0.25, 0.3) is 10.2 Å². The third-order valence-corrected chi connectivity index (χ3v) is 7.85. The molecule has 0 unspecified atom stereocenters. The molecular weight excluding hydrogens is 460 g/mol. The van der Waals surface area contributed by atoms with Crippen LogP contribution in [0.4, 0.5) is 0 Å². The maximum atomic E-state index is 12.6. The molecule has 0 radical (unpaired) electrons. The van der Waals surface area contributed by atoms with Gasteiger partial charge in [-0.05, 0) is 56.3 Å². The van der Waals surface area contributed by atoms with E-state index in [9.17, 15) is 13.2 Å². The summed E-state index contributed by atoms with van der Waals surface area (Å²) in [5.74, 6) is 2.13. The number of aromatic nitrogens is 1. The van der Waals surface area contributed by atoms with Crippen LogP contribution in [0.2, 0.25) is 0 Å². The number of nitrogens with zero attached hydrogens (tertiary/aromatic N) is 2. The number of sulfone groups is 1. The van der Waals surface area contributed by atoms with Gasteiger partial charge < -0.3 is 4.57 Å². The van der Waals surface area contributed by atoms with Crippen LogP contribution >= 0.6 is 27.3 Å². The Morgan fingerprint density at radius 3 is 2.54 bits per heavy atom. The number of rotatable bonds is 4. The van der Waals surface area contributed by atoms with Gasteiger partial charge in [-0.25, -0.2) is 8.42 Å². The van der Waals surface area contributed by atoms with E-state index in [2.05, 4.69) is 26.8 Å². The van der Waals surface area contributed by atoms with Crippen molar-refractivity contribution in [2.24, 2.45) is 4.99 Å². The second kappa shape index (κ2) is 8.03. The van der Waals surface area contributed by atoms with Gasteiger partial charge in [0.25, 0.3) is 5.91 Å². The molecule has 0 fully saturated rings. The molecule has 2 aromatic carbocycles. The first-order valence-corrected chi connectivity index (χ1v) is 11.5. The van der Waals surface area contributed by atoms with Crippen LogP contribution in [0.15, 0.2) is 56.8 Å². The highest BCUT2D eigenvalue weighted by Gasteiger charge is 2.19. The Bertz CT molecular complexity index is 1260. The average molecular weight is 477 g/mol. The molecule has 0 saturated carbocycles. The van der Waals surface area contributed by atoms with E-state index in [-0.39, 0.29) is 4.90 Å². The molecule has 1 heterocycles. The molecule has 0 atom stereocenters. The number of carbonyl (C=O) groups is 1. The molecular formula is C20H17BrN2O3S2. The number of halogens is 1. The lowest BCUT2D eigenvalue weighted by atomic mass is 10.2. The van der Waals surface area contributed by atoms with E-state index in [0.29, 0.717) is 16.9 Å². The summed E-state index contributed by atoms with van der Waals surface area (Å²) >= 11 is 4.80. The van der Waals surface area contributed by atoms with Gasteiger partial charge in [0.1, 0.15) is 0 Å². The summed E-state index contributed by atoms with van der Waals surface area (Å²) in [5, 5.41) is -0.528. The molecule has 1 aromatic heterocycles. The van der Waals surface area contributed by atoms with Crippen LogP contribution in [-0.2, 0) is 16.4 Å². The van der Waals surface area contributed by atoms with Gasteiger partial charge in [-0.15, -0.1) is 6.42 Å². The third-order valence-electron chi connectivity index (χ3n) is 4.14. The average Bonchev–Trinajstić information content (AvgIpc) is 2.98. The molecule has 0 N–H and O–H groups in total. The second-order valence-corrected chi connectivity index (χ2v) is 10.8. The molecule has 28 heavy (non-hydrogen) atoms. The number of thiazole rings is 1. The quantitative estimate of drug-likeness (QED) is 0.533. The van der Waals surface area contributed by atoms with Crippen LogP contribution in [0.5, 0.6) is 0 Å². The minimum Gasteiger partial charge on any atom is -0.305 e. The fourth-order valence-electron chi connectivity index (χ4n) is 2.59. The Hall–Kier alpha value is -2.21. The molecule has 144 valence electrons. The van der Waals surface area contributed by atoms with Crippen LogP contribution in [0.3, 0.4) is 0 Å². The Morgan fingerprint density at radius 1 is 1.25 bits per heavy atom. The highest BCUT2D eigenvalue weighted by atomic mass is 79.9. The largest absolute Gasteiger partial charge is 0.305 e. The molecule has 0 bridgehead atoms. The number of terminal acetylenes is 1. The summed E-state index contributed by atoms with van der Waals surface area (Å²) in [7, 11) is -3.38. The third kappa shape index (κ3) is 3.97. The molecule has 0 aliphatic carbocycles. The van der Waals surface area contributed by atoms with Crippen molar-refractivity contribution < 1.29 is 13.2 Å². The fourth-order valence-corrected chi connectivity index (χ4v) is 5.23. The Labute approximate surface area is 175 Å². The smallest absolute Gasteiger partial charge is 0.279 e. The first-order valence-electron chi connectivity index (χ1n) is 8.39. The van der Waals surface area contributed by atoms with Crippen LogP contribution in [-0.4, -0.2) is 24.1 Å². The van der Waals surface area contributed by atoms with Gasteiger partial charge >= 0.3 is 0 Å². The van der Waals surface area contributed by atoms with E-state index in [1.807, 2.05) is 22.8 Å². The highest BCUT2D eigenvalue weighted by molar-refractivity contribution is 9.10. The second-order valence-electron chi connectivity index (χ2n) is 6.32. The summed E-state index contributed by atoms with van der Waals surface area (Å²) < 4.78 is 28.1. The first-order chi connectivity index (χ1) is 13.2. The maximum Gasteiger partial charge on any atom is 0.279 e. The zero-order valence-electron chi connectivity index (χ0n) is 15.2. The number of amides is 1. The van der Waals surface area contributed by atoms with Crippen LogP contribution < -0.4 is 4.80 Å². The van der Waals surface area contributed by atoms with Crippen molar-refractivity contribution in [3.63, 3.8) is 0 Å². The number of hydrogen-bond donors (Lipinski definition) is 0. The minimum absolute atomic E-state index is 0.188. The van der Waals surface area contributed by atoms with Gasteiger partial charge in [0, 0.05) is 10.0 Å². The topological polar surface area (TPSA) is 68.5 Å². The zero-order chi connectivity index (χ0) is 20.5. The summed E-state index contributed by atoms with van der Waals surface area (Å²) in [5.41, 5.74) is 1.21. The maximum absolute atomic E-state index is 12.6. The van der Waals surface area contributed by atoms with E-state index in [4.69, 9.17) is 6.42 Å². The molecule has 0 aliphatic rings. The number of benzene rings is 2. The molecule has 8 heteroatoms. The SMILES string of the molecule is C#CCn1c(=NC(=O)c2ccc(S(=O)(=O)C(C)C)cc2)sc2cc(Br)ccc21. The van der Waals surface area contributed by atoms with E-state index in [0.717, 1.165) is 14.7 Å². The standard InChI is InChI=1S/C20H17BrN2O3S2/c1-4-11-23-17-10-7-15(21)12-18(17)27-20(23)22-19(24)14-5-8-16(9-6-14)28(25,26)13(2)3/h1,5-10,12-13H,11H2,2-3H3. The lowest BCUT2D eigenvalue weighted by Crippen LogP contribution is -2.17. The lowest BCUT2D eigenvalue weighted by Gasteiger charge is -2.07. The van der Waals surface area contributed by atoms with Gasteiger partial charge in [-0.1, -0.05) is 33.2 Å². The van der Waals surface area contributed by atoms with E-state index in [1.54, 1.807) is 13.8 Å². The summed E-state index contributed by atoms with van der Waals surface area (Å²) in [4.78, 5) is 17.5. The monoisotopic (exact) mass is 476 g/mol. The molecule has 0 saturated heterocycles. The Kier molecular flexibility index (Phi) is 5.89. The van der Waals surface area contributed by atoms with E-state index >= 15 is 0 Å². The van der Waals surface area contributed by atoms with Crippen molar-refractivity contribution in [3.8, 4) is 12.3 Å². The molecule has 3 aromatic rings. The predicted molar refractivity (Wildman–Crippen MR) is 115 cm³/mol. The van der Waals surface area contributed by atoms with Gasteiger partial charge in [-0.2, -0.15) is 4.99 Å². The van der Waals surface area contributed by atoms with Crippen molar-refractivity contribution in [1.29, 1.82) is 0 Å². The first kappa shape index (κ1) is 20.5. The van der Waals surface area contributed by atoms with Crippen LogP contribution in [0, 0.1) is 12.3 Å². The van der Waals surface area contributed by atoms with Crippen molar-refractivity contribution >= 4 is 53.2 Å². The predicted octanol–water partition coefficient (Wildman–Crippen LogP) is 4.02. The van der Waals surface area contributed by atoms with Crippen molar-refractivity contribution in [3.05, 3.63) is 57.3 Å². The van der Waals surface area contributed by atoms with Crippen LogP contribution in [0.1, 0.15) is 24.2 Å².